The van der Waals surface area contributed by atoms with Crippen LogP contribution in [0.25, 0.3) is 0 Å². The van der Waals surface area contributed by atoms with E-state index < -0.39 is 0 Å². The SMILES string of the molecule is C=CCn1cccc1C(c1ccc(Cl)c(Cl)c1)n1ccnc1. The van der Waals surface area contributed by atoms with Gasteiger partial charge < -0.3 is 9.13 Å². The summed E-state index contributed by atoms with van der Waals surface area (Å²) in [7, 11) is 0. The zero-order valence-electron chi connectivity index (χ0n) is 11.9. The van der Waals surface area contributed by atoms with Gasteiger partial charge in [0, 0.05) is 30.8 Å². The van der Waals surface area contributed by atoms with Crippen molar-refractivity contribution in [3.05, 3.63) is 89.2 Å². The number of benzene rings is 1. The summed E-state index contributed by atoms with van der Waals surface area (Å²) in [5.41, 5.74) is 2.19. The normalized spacial score (nSPS) is 12.3. The third-order valence-electron chi connectivity index (χ3n) is 3.55. The Labute approximate surface area is 139 Å². The Morgan fingerprint density at radius 1 is 1.18 bits per heavy atom. The molecule has 5 heteroatoms. The molecule has 0 aliphatic rings. The van der Waals surface area contributed by atoms with Crippen molar-refractivity contribution in [1.82, 2.24) is 14.1 Å². The first-order valence-electron chi connectivity index (χ1n) is 6.89. The van der Waals surface area contributed by atoms with Crippen molar-refractivity contribution in [3.8, 4) is 0 Å². The molecule has 0 saturated carbocycles. The maximum atomic E-state index is 6.20. The number of imidazole rings is 1. The van der Waals surface area contributed by atoms with Gasteiger partial charge in [-0.3, -0.25) is 0 Å². The maximum Gasteiger partial charge on any atom is 0.0999 e. The molecule has 3 rings (SSSR count). The lowest BCUT2D eigenvalue weighted by Crippen LogP contribution is -2.15. The lowest BCUT2D eigenvalue weighted by molar-refractivity contribution is 0.613. The van der Waals surface area contributed by atoms with Gasteiger partial charge in [-0.25, -0.2) is 4.98 Å². The average Bonchev–Trinajstić information content (AvgIpc) is 3.17. The van der Waals surface area contributed by atoms with Gasteiger partial charge in [0.15, 0.2) is 0 Å². The number of hydrogen-bond acceptors (Lipinski definition) is 1. The van der Waals surface area contributed by atoms with Gasteiger partial charge in [0.05, 0.1) is 22.4 Å². The molecule has 0 radical (unpaired) electrons. The first-order valence-corrected chi connectivity index (χ1v) is 7.64. The zero-order valence-corrected chi connectivity index (χ0v) is 13.4. The molecule has 0 spiro atoms. The summed E-state index contributed by atoms with van der Waals surface area (Å²) in [5.74, 6) is 0. The van der Waals surface area contributed by atoms with E-state index in [-0.39, 0.29) is 6.04 Å². The van der Waals surface area contributed by atoms with Crippen LogP contribution in [0, 0.1) is 0 Å². The molecule has 112 valence electrons. The molecule has 2 heterocycles. The number of allylic oxidation sites excluding steroid dienone is 1. The maximum absolute atomic E-state index is 6.20. The fourth-order valence-corrected chi connectivity index (χ4v) is 2.89. The highest BCUT2D eigenvalue weighted by Gasteiger charge is 2.19. The zero-order chi connectivity index (χ0) is 15.5. The topological polar surface area (TPSA) is 22.8 Å². The largest absolute Gasteiger partial charge is 0.345 e. The minimum absolute atomic E-state index is 0.0211. The molecule has 0 N–H and O–H groups in total. The highest BCUT2D eigenvalue weighted by atomic mass is 35.5. The van der Waals surface area contributed by atoms with Crippen LogP contribution in [0.4, 0.5) is 0 Å². The van der Waals surface area contributed by atoms with E-state index in [9.17, 15) is 0 Å². The number of aromatic nitrogens is 3. The molecule has 0 saturated heterocycles. The molecule has 1 aromatic carbocycles. The van der Waals surface area contributed by atoms with Crippen LogP contribution in [0.15, 0.2) is 67.9 Å². The number of rotatable bonds is 5. The van der Waals surface area contributed by atoms with Gasteiger partial charge in [-0.1, -0.05) is 35.3 Å². The Morgan fingerprint density at radius 3 is 2.73 bits per heavy atom. The predicted octanol–water partition coefficient (Wildman–Crippen LogP) is 4.82. The van der Waals surface area contributed by atoms with Gasteiger partial charge in [-0.15, -0.1) is 6.58 Å². The fraction of sp³-hybridized carbons (Fsp3) is 0.118. The predicted molar refractivity (Wildman–Crippen MR) is 90.6 cm³/mol. The molecule has 3 aromatic rings. The average molecular weight is 332 g/mol. The van der Waals surface area contributed by atoms with Crippen LogP contribution in [0.3, 0.4) is 0 Å². The third kappa shape index (κ3) is 2.82. The summed E-state index contributed by atoms with van der Waals surface area (Å²) in [6.07, 6.45) is 9.43. The van der Waals surface area contributed by atoms with Crippen molar-refractivity contribution in [3.63, 3.8) is 0 Å². The quantitative estimate of drug-likeness (QED) is 0.615. The standard InChI is InChI=1S/C17H15Cl2N3/c1-2-8-21-9-3-4-16(21)17(22-10-7-20-12-22)13-5-6-14(18)15(19)11-13/h2-7,9-12,17H,1,8H2. The minimum atomic E-state index is -0.0211. The fourth-order valence-electron chi connectivity index (χ4n) is 2.58. The van der Waals surface area contributed by atoms with Gasteiger partial charge >= 0.3 is 0 Å². The van der Waals surface area contributed by atoms with Gasteiger partial charge in [0.25, 0.3) is 0 Å². The minimum Gasteiger partial charge on any atom is -0.345 e. The van der Waals surface area contributed by atoms with Crippen LogP contribution in [0.2, 0.25) is 10.0 Å². The number of hydrogen-bond donors (Lipinski definition) is 0. The molecule has 1 atom stereocenters. The first kappa shape index (κ1) is 14.9. The monoisotopic (exact) mass is 331 g/mol. The van der Waals surface area contributed by atoms with Crippen molar-refractivity contribution < 1.29 is 0 Å². The van der Waals surface area contributed by atoms with E-state index in [4.69, 9.17) is 23.2 Å². The molecule has 3 nitrogen and oxygen atoms in total. The van der Waals surface area contributed by atoms with Crippen LogP contribution in [0.1, 0.15) is 17.3 Å². The molecular weight excluding hydrogens is 317 g/mol. The van der Waals surface area contributed by atoms with Crippen LogP contribution < -0.4 is 0 Å². The summed E-state index contributed by atoms with van der Waals surface area (Å²) in [5, 5.41) is 1.10. The van der Waals surface area contributed by atoms with Crippen LogP contribution in [-0.2, 0) is 6.54 Å². The van der Waals surface area contributed by atoms with Crippen molar-refractivity contribution in [1.29, 1.82) is 0 Å². The highest BCUT2D eigenvalue weighted by Crippen LogP contribution is 2.31. The van der Waals surface area contributed by atoms with Crippen molar-refractivity contribution >= 4 is 23.2 Å². The molecule has 0 bridgehead atoms. The van der Waals surface area contributed by atoms with Crippen LogP contribution >= 0.6 is 23.2 Å². The molecule has 0 fully saturated rings. The molecule has 1 unspecified atom stereocenters. The Hall–Kier alpha value is -1.97. The Balaban J connectivity index is 2.13. The molecule has 2 aromatic heterocycles. The molecule has 0 aliphatic carbocycles. The second-order valence-corrected chi connectivity index (χ2v) is 5.77. The summed E-state index contributed by atoms with van der Waals surface area (Å²) < 4.78 is 4.20. The molecule has 22 heavy (non-hydrogen) atoms. The Morgan fingerprint density at radius 2 is 2.05 bits per heavy atom. The summed E-state index contributed by atoms with van der Waals surface area (Å²) in [4.78, 5) is 4.17. The lowest BCUT2D eigenvalue weighted by Gasteiger charge is -2.21. The lowest BCUT2D eigenvalue weighted by atomic mass is 10.0. The van der Waals surface area contributed by atoms with E-state index in [2.05, 4.69) is 26.8 Å². The van der Waals surface area contributed by atoms with Crippen molar-refractivity contribution in [2.45, 2.75) is 12.6 Å². The molecular formula is C17H15Cl2N3. The van der Waals surface area contributed by atoms with Gasteiger partial charge in [0.2, 0.25) is 0 Å². The highest BCUT2D eigenvalue weighted by molar-refractivity contribution is 6.42. The van der Waals surface area contributed by atoms with Gasteiger partial charge in [-0.2, -0.15) is 0 Å². The van der Waals surface area contributed by atoms with E-state index in [0.29, 0.717) is 10.0 Å². The van der Waals surface area contributed by atoms with E-state index in [1.807, 2.05) is 42.7 Å². The van der Waals surface area contributed by atoms with Crippen molar-refractivity contribution in [2.24, 2.45) is 0 Å². The van der Waals surface area contributed by atoms with E-state index in [1.54, 1.807) is 12.5 Å². The Bertz CT molecular complexity index is 775. The molecule has 0 amide bonds. The number of halogens is 2. The van der Waals surface area contributed by atoms with Gasteiger partial charge in [0.1, 0.15) is 0 Å². The summed E-state index contributed by atoms with van der Waals surface area (Å²) in [6, 6.07) is 9.82. The number of nitrogens with zero attached hydrogens (tertiary/aromatic N) is 3. The smallest absolute Gasteiger partial charge is 0.0999 e. The third-order valence-corrected chi connectivity index (χ3v) is 4.29. The van der Waals surface area contributed by atoms with E-state index >= 15 is 0 Å². The Kier molecular flexibility index (Phi) is 4.36. The summed E-state index contributed by atoms with van der Waals surface area (Å²) in [6.45, 7) is 4.56. The second-order valence-electron chi connectivity index (χ2n) is 4.96. The molecule has 0 aliphatic heterocycles. The second kappa shape index (κ2) is 6.42. The van der Waals surface area contributed by atoms with Crippen LogP contribution in [0.5, 0.6) is 0 Å². The first-order chi connectivity index (χ1) is 10.7. The van der Waals surface area contributed by atoms with Gasteiger partial charge in [-0.05, 0) is 29.8 Å². The van der Waals surface area contributed by atoms with E-state index in [1.165, 1.54) is 0 Å². The summed E-state index contributed by atoms with van der Waals surface area (Å²) >= 11 is 12.2. The van der Waals surface area contributed by atoms with Crippen LogP contribution in [-0.4, -0.2) is 14.1 Å². The van der Waals surface area contributed by atoms with Crippen molar-refractivity contribution in [2.75, 3.05) is 0 Å². The van der Waals surface area contributed by atoms with E-state index in [0.717, 1.165) is 17.8 Å².